The van der Waals surface area contributed by atoms with E-state index in [-0.39, 0.29) is 5.41 Å². The lowest BCUT2D eigenvalue weighted by molar-refractivity contribution is 0.327. The van der Waals surface area contributed by atoms with E-state index in [4.69, 9.17) is 11.6 Å². The van der Waals surface area contributed by atoms with Crippen LogP contribution in [0, 0.1) is 5.41 Å². The first-order valence-electron chi connectivity index (χ1n) is 6.09. The molecule has 3 heteroatoms. The maximum Gasteiger partial charge on any atom is 0.0449 e. The lowest BCUT2D eigenvalue weighted by Gasteiger charge is -2.25. The van der Waals surface area contributed by atoms with E-state index in [1.807, 2.05) is 6.07 Å². The van der Waals surface area contributed by atoms with Gasteiger partial charge >= 0.3 is 0 Å². The first-order valence-corrected chi connectivity index (χ1v) is 7.26. The highest BCUT2D eigenvalue weighted by atomic mass is 79.9. The second-order valence-corrected chi connectivity index (χ2v) is 6.50. The molecule has 0 radical (unpaired) electrons. The topological polar surface area (TPSA) is 12.0 Å². The molecular weight excluding hydrogens is 298 g/mol. The first-order chi connectivity index (χ1) is 7.94. The maximum absolute atomic E-state index is 6.25. The molecule has 1 nitrogen and oxygen atoms in total. The van der Waals surface area contributed by atoms with Crippen molar-refractivity contribution < 1.29 is 0 Å². The van der Waals surface area contributed by atoms with Crippen LogP contribution in [-0.2, 0) is 6.42 Å². The quantitative estimate of drug-likeness (QED) is 0.752. The molecule has 0 aliphatic heterocycles. The van der Waals surface area contributed by atoms with Crippen molar-refractivity contribution in [1.82, 2.24) is 5.32 Å². The zero-order valence-corrected chi connectivity index (χ0v) is 13.2. The molecule has 0 unspecified atom stereocenters. The predicted octanol–water partition coefficient (Wildman–Crippen LogP) is 4.67. The lowest BCUT2D eigenvalue weighted by Crippen LogP contribution is -2.24. The first kappa shape index (κ1) is 15.0. The van der Waals surface area contributed by atoms with Crippen molar-refractivity contribution >= 4 is 27.5 Å². The third kappa shape index (κ3) is 5.41. The summed E-state index contributed by atoms with van der Waals surface area (Å²) in [6, 6.07) is 6.14. The van der Waals surface area contributed by atoms with Crippen molar-refractivity contribution in [3.63, 3.8) is 0 Å². The van der Waals surface area contributed by atoms with Crippen LogP contribution in [0.15, 0.2) is 22.7 Å². The minimum absolute atomic E-state index is 0.277. The van der Waals surface area contributed by atoms with E-state index in [0.717, 1.165) is 35.4 Å². The molecule has 0 aliphatic carbocycles. The average Bonchev–Trinajstić information content (AvgIpc) is 2.22. The van der Waals surface area contributed by atoms with Gasteiger partial charge in [-0.1, -0.05) is 54.4 Å². The number of halogens is 2. The Morgan fingerprint density at radius 1 is 1.35 bits per heavy atom. The van der Waals surface area contributed by atoms with E-state index in [9.17, 15) is 0 Å². The summed E-state index contributed by atoms with van der Waals surface area (Å²) < 4.78 is 1.04. The molecule has 0 heterocycles. The second kappa shape index (κ2) is 6.77. The fourth-order valence-electron chi connectivity index (χ4n) is 1.87. The van der Waals surface area contributed by atoms with Crippen molar-refractivity contribution in [2.45, 2.75) is 33.6 Å². The molecule has 0 fully saturated rings. The van der Waals surface area contributed by atoms with E-state index in [1.54, 1.807) is 0 Å². The molecular formula is C14H21BrClN. The minimum atomic E-state index is 0.277. The lowest BCUT2D eigenvalue weighted by atomic mass is 9.82. The van der Waals surface area contributed by atoms with Crippen molar-refractivity contribution in [3.8, 4) is 0 Å². The molecule has 1 rings (SSSR count). The third-order valence-electron chi connectivity index (χ3n) is 2.91. The third-order valence-corrected chi connectivity index (χ3v) is 3.76. The van der Waals surface area contributed by atoms with Crippen LogP contribution in [0.4, 0.5) is 0 Å². The largest absolute Gasteiger partial charge is 0.317 e. The SMILES string of the molecule is CCNCCC(C)(C)Cc1ccc(Br)cc1Cl. The molecule has 0 atom stereocenters. The molecule has 0 bridgehead atoms. The monoisotopic (exact) mass is 317 g/mol. The zero-order valence-electron chi connectivity index (χ0n) is 10.8. The Morgan fingerprint density at radius 3 is 2.65 bits per heavy atom. The molecule has 0 aromatic heterocycles. The summed E-state index contributed by atoms with van der Waals surface area (Å²) in [6.07, 6.45) is 2.18. The normalized spacial score (nSPS) is 11.8. The van der Waals surface area contributed by atoms with Crippen LogP contribution >= 0.6 is 27.5 Å². The number of hydrogen-bond donors (Lipinski definition) is 1. The molecule has 0 amide bonds. The van der Waals surface area contributed by atoms with Gasteiger partial charge in [0, 0.05) is 9.50 Å². The van der Waals surface area contributed by atoms with Gasteiger partial charge in [0.2, 0.25) is 0 Å². The highest BCUT2D eigenvalue weighted by Gasteiger charge is 2.19. The molecule has 0 aliphatic rings. The van der Waals surface area contributed by atoms with Gasteiger partial charge in [-0.15, -0.1) is 0 Å². The molecule has 96 valence electrons. The van der Waals surface area contributed by atoms with Gasteiger partial charge in [0.15, 0.2) is 0 Å². The van der Waals surface area contributed by atoms with E-state index >= 15 is 0 Å². The van der Waals surface area contributed by atoms with Crippen molar-refractivity contribution in [1.29, 1.82) is 0 Å². The average molecular weight is 319 g/mol. The Kier molecular flexibility index (Phi) is 5.98. The number of hydrogen-bond acceptors (Lipinski definition) is 1. The van der Waals surface area contributed by atoms with Crippen molar-refractivity contribution in [2.75, 3.05) is 13.1 Å². The summed E-state index contributed by atoms with van der Waals surface area (Å²) in [4.78, 5) is 0. The maximum atomic E-state index is 6.25. The van der Waals surface area contributed by atoms with E-state index < -0.39 is 0 Å². The molecule has 0 saturated heterocycles. The van der Waals surface area contributed by atoms with Crippen molar-refractivity contribution in [2.24, 2.45) is 5.41 Å². The Labute approximate surface area is 118 Å². The summed E-state index contributed by atoms with van der Waals surface area (Å²) in [6.45, 7) is 8.83. The molecule has 0 spiro atoms. The van der Waals surface area contributed by atoms with Crippen LogP contribution in [0.5, 0.6) is 0 Å². The summed E-state index contributed by atoms with van der Waals surface area (Å²) >= 11 is 9.68. The molecule has 0 saturated carbocycles. The van der Waals surface area contributed by atoms with E-state index in [0.29, 0.717) is 0 Å². The Bertz CT molecular complexity index is 363. The number of benzene rings is 1. The second-order valence-electron chi connectivity index (χ2n) is 5.18. The van der Waals surface area contributed by atoms with E-state index in [1.165, 1.54) is 5.56 Å². The van der Waals surface area contributed by atoms with Crippen LogP contribution < -0.4 is 5.32 Å². The molecule has 1 aromatic rings. The van der Waals surface area contributed by atoms with Crippen LogP contribution in [0.2, 0.25) is 5.02 Å². The Balaban J connectivity index is 2.62. The predicted molar refractivity (Wildman–Crippen MR) is 79.8 cm³/mol. The minimum Gasteiger partial charge on any atom is -0.317 e. The Morgan fingerprint density at radius 2 is 2.06 bits per heavy atom. The smallest absolute Gasteiger partial charge is 0.0449 e. The molecule has 1 aromatic carbocycles. The summed E-state index contributed by atoms with van der Waals surface area (Å²) in [5, 5.41) is 4.23. The van der Waals surface area contributed by atoms with Crippen molar-refractivity contribution in [3.05, 3.63) is 33.3 Å². The summed E-state index contributed by atoms with van der Waals surface area (Å²) in [5.74, 6) is 0. The van der Waals surface area contributed by atoms with Gasteiger partial charge in [-0.2, -0.15) is 0 Å². The van der Waals surface area contributed by atoms with Crippen LogP contribution in [0.25, 0.3) is 0 Å². The van der Waals surface area contributed by atoms with Crippen LogP contribution in [-0.4, -0.2) is 13.1 Å². The van der Waals surface area contributed by atoms with Gasteiger partial charge < -0.3 is 5.32 Å². The van der Waals surface area contributed by atoms with Gasteiger partial charge in [0.05, 0.1) is 0 Å². The Hall–Kier alpha value is -0.0500. The standard InChI is InChI=1S/C14H21BrClN/c1-4-17-8-7-14(2,3)10-11-5-6-12(15)9-13(11)16/h5-6,9,17H,4,7-8,10H2,1-3H3. The van der Waals surface area contributed by atoms with Gasteiger partial charge in [-0.3, -0.25) is 0 Å². The van der Waals surface area contributed by atoms with Gasteiger partial charge in [-0.25, -0.2) is 0 Å². The van der Waals surface area contributed by atoms with Gasteiger partial charge in [0.25, 0.3) is 0 Å². The van der Waals surface area contributed by atoms with Crippen LogP contribution in [0.3, 0.4) is 0 Å². The highest BCUT2D eigenvalue weighted by molar-refractivity contribution is 9.10. The fourth-order valence-corrected chi connectivity index (χ4v) is 2.61. The van der Waals surface area contributed by atoms with E-state index in [2.05, 4.69) is 54.2 Å². The van der Waals surface area contributed by atoms with Gasteiger partial charge in [0.1, 0.15) is 0 Å². The van der Waals surface area contributed by atoms with Crippen LogP contribution in [0.1, 0.15) is 32.8 Å². The number of nitrogens with one attached hydrogen (secondary N) is 1. The summed E-state index contributed by atoms with van der Waals surface area (Å²) in [7, 11) is 0. The molecule has 1 N–H and O–H groups in total. The highest BCUT2D eigenvalue weighted by Crippen LogP contribution is 2.30. The fraction of sp³-hybridized carbons (Fsp3) is 0.571. The molecule has 17 heavy (non-hydrogen) atoms. The zero-order chi connectivity index (χ0) is 12.9. The summed E-state index contributed by atoms with van der Waals surface area (Å²) in [5.41, 5.74) is 1.51. The van der Waals surface area contributed by atoms with Gasteiger partial charge in [-0.05, 0) is 49.0 Å². The number of rotatable bonds is 6.